The summed E-state index contributed by atoms with van der Waals surface area (Å²) in [7, 11) is 0. The Kier molecular flexibility index (Phi) is 7.67. The van der Waals surface area contributed by atoms with Gasteiger partial charge in [0.25, 0.3) is 0 Å². The lowest BCUT2D eigenvalue weighted by molar-refractivity contribution is -0.116. The van der Waals surface area contributed by atoms with Crippen molar-refractivity contribution in [2.45, 2.75) is 13.0 Å². The lowest BCUT2D eigenvalue weighted by atomic mass is 10.1. The standard InChI is InChI=1S/C28H23BrClN5O2/c29-23-18-32-35-26(16-25(34-28(23)35)22-11-4-5-12-24(22)30)31-17-19-7-6-8-20(15-19)33-27(36)13-14-37-21-9-2-1-3-10-21/h1-12,15-16,18,31H,13-14,17H2,(H,33,36). The Labute approximate surface area is 227 Å². The van der Waals surface area contributed by atoms with Gasteiger partial charge in [-0.3, -0.25) is 4.79 Å². The van der Waals surface area contributed by atoms with Crippen molar-refractivity contribution < 1.29 is 9.53 Å². The van der Waals surface area contributed by atoms with E-state index in [1.807, 2.05) is 84.9 Å². The zero-order valence-electron chi connectivity index (χ0n) is 19.7. The molecule has 0 aliphatic rings. The van der Waals surface area contributed by atoms with Crippen LogP contribution in [0.3, 0.4) is 0 Å². The third-order valence-electron chi connectivity index (χ3n) is 5.60. The molecule has 2 heterocycles. The molecule has 0 aliphatic carbocycles. The molecular weight excluding hydrogens is 554 g/mol. The number of para-hydroxylation sites is 1. The molecule has 5 aromatic rings. The Morgan fingerprint density at radius 2 is 1.81 bits per heavy atom. The minimum Gasteiger partial charge on any atom is -0.493 e. The van der Waals surface area contributed by atoms with E-state index in [2.05, 4.69) is 31.7 Å². The van der Waals surface area contributed by atoms with Crippen LogP contribution in [0.5, 0.6) is 5.75 Å². The second-order valence-electron chi connectivity index (χ2n) is 8.25. The van der Waals surface area contributed by atoms with Crippen LogP contribution in [0.25, 0.3) is 16.9 Å². The summed E-state index contributed by atoms with van der Waals surface area (Å²) in [6, 6.07) is 26.7. The van der Waals surface area contributed by atoms with Gasteiger partial charge >= 0.3 is 0 Å². The molecule has 5 rings (SSSR count). The highest BCUT2D eigenvalue weighted by molar-refractivity contribution is 9.10. The van der Waals surface area contributed by atoms with E-state index in [1.54, 1.807) is 10.7 Å². The topological polar surface area (TPSA) is 80.5 Å². The molecule has 0 atom stereocenters. The normalized spacial score (nSPS) is 10.9. The number of ether oxygens (including phenoxy) is 1. The predicted octanol–water partition coefficient (Wildman–Crippen LogP) is 6.83. The number of carbonyl (C=O) groups is 1. The highest BCUT2D eigenvalue weighted by Crippen LogP contribution is 2.30. The van der Waals surface area contributed by atoms with Crippen LogP contribution in [0.1, 0.15) is 12.0 Å². The van der Waals surface area contributed by atoms with Crippen molar-refractivity contribution >= 4 is 50.6 Å². The maximum absolute atomic E-state index is 12.4. The number of anilines is 2. The molecule has 37 heavy (non-hydrogen) atoms. The fraction of sp³-hybridized carbons (Fsp3) is 0.107. The van der Waals surface area contributed by atoms with Crippen LogP contribution in [-0.4, -0.2) is 27.1 Å². The van der Waals surface area contributed by atoms with Crippen LogP contribution >= 0.6 is 27.5 Å². The van der Waals surface area contributed by atoms with Crippen LogP contribution in [0, 0.1) is 0 Å². The van der Waals surface area contributed by atoms with E-state index in [9.17, 15) is 4.79 Å². The van der Waals surface area contributed by atoms with Crippen molar-refractivity contribution in [2.75, 3.05) is 17.2 Å². The Morgan fingerprint density at radius 3 is 2.65 bits per heavy atom. The smallest absolute Gasteiger partial charge is 0.227 e. The van der Waals surface area contributed by atoms with Crippen molar-refractivity contribution in [3.8, 4) is 17.0 Å². The largest absolute Gasteiger partial charge is 0.493 e. The number of hydrogen-bond donors (Lipinski definition) is 2. The van der Waals surface area contributed by atoms with Gasteiger partial charge < -0.3 is 15.4 Å². The number of halogens is 2. The van der Waals surface area contributed by atoms with Crippen molar-refractivity contribution in [1.82, 2.24) is 14.6 Å². The Morgan fingerprint density at radius 1 is 1.00 bits per heavy atom. The van der Waals surface area contributed by atoms with Gasteiger partial charge in [0, 0.05) is 28.9 Å². The number of hydrogen-bond acceptors (Lipinski definition) is 5. The molecule has 0 radical (unpaired) electrons. The van der Waals surface area contributed by atoms with Crippen molar-refractivity contribution in [1.29, 1.82) is 0 Å². The lowest BCUT2D eigenvalue weighted by Gasteiger charge is -2.13. The SMILES string of the molecule is O=C(CCOc1ccccc1)Nc1cccc(CNc2cc(-c3ccccc3Cl)nc3c(Br)cnn23)c1. The van der Waals surface area contributed by atoms with E-state index in [1.165, 1.54) is 0 Å². The van der Waals surface area contributed by atoms with E-state index >= 15 is 0 Å². The average molecular weight is 577 g/mol. The molecule has 2 aromatic heterocycles. The average Bonchev–Trinajstić information content (AvgIpc) is 3.29. The first-order valence-corrected chi connectivity index (χ1v) is 12.8. The molecule has 0 aliphatic heterocycles. The number of fused-ring (bicyclic) bond motifs is 1. The molecule has 0 spiro atoms. The molecule has 0 saturated carbocycles. The van der Waals surface area contributed by atoms with Gasteiger partial charge in [0.15, 0.2) is 5.65 Å². The van der Waals surface area contributed by atoms with Crippen LogP contribution in [0.4, 0.5) is 11.5 Å². The molecule has 1 amide bonds. The number of aromatic nitrogens is 3. The lowest BCUT2D eigenvalue weighted by Crippen LogP contribution is -2.15. The summed E-state index contributed by atoms with van der Waals surface area (Å²) in [5, 5.41) is 11.4. The summed E-state index contributed by atoms with van der Waals surface area (Å²) in [6.07, 6.45) is 1.97. The van der Waals surface area contributed by atoms with Gasteiger partial charge in [-0.05, 0) is 51.8 Å². The van der Waals surface area contributed by atoms with Crippen molar-refractivity contribution in [2.24, 2.45) is 0 Å². The summed E-state index contributed by atoms with van der Waals surface area (Å²) in [5.74, 6) is 1.40. The fourth-order valence-electron chi connectivity index (χ4n) is 3.82. The van der Waals surface area contributed by atoms with Crippen molar-refractivity contribution in [3.63, 3.8) is 0 Å². The maximum atomic E-state index is 12.4. The summed E-state index contributed by atoms with van der Waals surface area (Å²) < 4.78 is 8.14. The highest BCUT2D eigenvalue weighted by Gasteiger charge is 2.13. The molecule has 9 heteroatoms. The van der Waals surface area contributed by atoms with Gasteiger partial charge in [-0.15, -0.1) is 0 Å². The van der Waals surface area contributed by atoms with Crippen LogP contribution < -0.4 is 15.4 Å². The zero-order valence-corrected chi connectivity index (χ0v) is 22.0. The number of benzene rings is 3. The van der Waals surface area contributed by atoms with Crippen LogP contribution in [-0.2, 0) is 11.3 Å². The molecule has 0 saturated heterocycles. The second kappa shape index (κ2) is 11.5. The van der Waals surface area contributed by atoms with E-state index in [0.717, 1.165) is 38.5 Å². The number of nitrogens with one attached hydrogen (secondary N) is 2. The van der Waals surface area contributed by atoms with Gasteiger partial charge in [-0.1, -0.05) is 60.1 Å². The molecule has 0 fully saturated rings. The number of amides is 1. The van der Waals surface area contributed by atoms with Crippen molar-refractivity contribution in [3.05, 3.63) is 106 Å². The fourth-order valence-corrected chi connectivity index (χ4v) is 4.40. The number of nitrogens with zero attached hydrogens (tertiary/aromatic N) is 3. The van der Waals surface area contributed by atoms with Gasteiger partial charge in [0.2, 0.25) is 5.91 Å². The molecule has 186 valence electrons. The maximum Gasteiger partial charge on any atom is 0.227 e. The first kappa shape index (κ1) is 24.8. The monoisotopic (exact) mass is 575 g/mol. The molecule has 2 N–H and O–H groups in total. The van der Waals surface area contributed by atoms with Crippen LogP contribution in [0.15, 0.2) is 95.6 Å². The van der Waals surface area contributed by atoms with E-state index in [4.69, 9.17) is 21.3 Å². The minimum absolute atomic E-state index is 0.109. The first-order chi connectivity index (χ1) is 18.1. The van der Waals surface area contributed by atoms with E-state index in [0.29, 0.717) is 23.8 Å². The highest BCUT2D eigenvalue weighted by atomic mass is 79.9. The molecular formula is C28H23BrClN5O2. The van der Waals surface area contributed by atoms with E-state index < -0.39 is 0 Å². The quantitative estimate of drug-likeness (QED) is 0.201. The second-order valence-corrected chi connectivity index (χ2v) is 9.51. The van der Waals surface area contributed by atoms with Gasteiger partial charge in [-0.2, -0.15) is 9.61 Å². The summed E-state index contributed by atoms with van der Waals surface area (Å²) in [6.45, 7) is 0.821. The first-order valence-electron chi connectivity index (χ1n) is 11.7. The summed E-state index contributed by atoms with van der Waals surface area (Å²) >= 11 is 9.96. The van der Waals surface area contributed by atoms with Gasteiger partial charge in [0.1, 0.15) is 11.6 Å². The Bertz CT molecular complexity index is 1540. The van der Waals surface area contributed by atoms with E-state index in [-0.39, 0.29) is 12.3 Å². The third-order valence-corrected chi connectivity index (χ3v) is 6.49. The Balaban J connectivity index is 1.26. The molecule has 0 unspecified atom stereocenters. The number of rotatable bonds is 9. The molecule has 3 aromatic carbocycles. The zero-order chi connectivity index (χ0) is 25.6. The summed E-state index contributed by atoms with van der Waals surface area (Å²) in [5.41, 5.74) is 3.97. The minimum atomic E-state index is -0.109. The third kappa shape index (κ3) is 6.10. The Hall–Kier alpha value is -3.88. The number of carbonyl (C=O) groups excluding carboxylic acids is 1. The predicted molar refractivity (Wildman–Crippen MR) is 150 cm³/mol. The summed E-state index contributed by atoms with van der Waals surface area (Å²) in [4.78, 5) is 17.1. The molecule has 7 nitrogen and oxygen atoms in total. The van der Waals surface area contributed by atoms with Gasteiger partial charge in [-0.25, -0.2) is 4.98 Å². The van der Waals surface area contributed by atoms with Gasteiger partial charge in [0.05, 0.1) is 29.4 Å². The molecule has 0 bridgehead atoms. The van der Waals surface area contributed by atoms with Crippen LogP contribution in [0.2, 0.25) is 5.02 Å².